The van der Waals surface area contributed by atoms with E-state index in [4.69, 9.17) is 19.3 Å². The van der Waals surface area contributed by atoms with Gasteiger partial charge in [0.2, 0.25) is 0 Å². The Kier molecular flexibility index (Phi) is 10.1. The van der Waals surface area contributed by atoms with Gasteiger partial charge in [-0.1, -0.05) is 45.8 Å². The highest BCUT2D eigenvalue weighted by Gasteiger charge is 2.39. The summed E-state index contributed by atoms with van der Waals surface area (Å²) in [5.41, 5.74) is 0.817. The Morgan fingerprint density at radius 2 is 1.05 bits per heavy atom. The molecule has 11 nitrogen and oxygen atoms in total. The minimum Gasteiger partial charge on any atom is -0.481 e. The zero-order chi connectivity index (χ0) is 29.6. The number of hydrogen-bond acceptors (Lipinski definition) is 10. The number of carboxylic acid groups (broad SMARTS) is 1. The van der Waals surface area contributed by atoms with Crippen molar-refractivity contribution in [3.05, 3.63) is 45.6 Å². The zero-order valence-corrected chi connectivity index (χ0v) is 22.7. The van der Waals surface area contributed by atoms with Gasteiger partial charge in [0, 0.05) is 28.7 Å². The maximum Gasteiger partial charge on any atom is 0.346 e. The van der Waals surface area contributed by atoms with Gasteiger partial charge in [0.05, 0.1) is 11.1 Å². The fourth-order valence-corrected chi connectivity index (χ4v) is 4.92. The first-order valence-corrected chi connectivity index (χ1v) is 13.3. The number of aliphatic carboxylic acids is 1. The highest BCUT2D eigenvalue weighted by atomic mass is 16.6. The van der Waals surface area contributed by atoms with E-state index in [2.05, 4.69) is 0 Å². The van der Waals surface area contributed by atoms with Crippen LogP contribution >= 0.6 is 0 Å². The molecule has 0 aromatic heterocycles. The van der Waals surface area contributed by atoms with Crippen LogP contribution in [0.5, 0.6) is 0 Å². The number of carboxylic acids is 1. The van der Waals surface area contributed by atoms with Gasteiger partial charge in [-0.2, -0.15) is 0 Å². The molecule has 0 unspecified atom stereocenters. The quantitative estimate of drug-likeness (QED) is 0.178. The third-order valence-corrected chi connectivity index (χ3v) is 7.30. The van der Waals surface area contributed by atoms with E-state index in [1.165, 1.54) is 0 Å². The summed E-state index contributed by atoms with van der Waals surface area (Å²) < 4.78 is 14.4. The number of hydrogen-bond donors (Lipinski definition) is 1. The van der Waals surface area contributed by atoms with E-state index in [-0.39, 0.29) is 83.8 Å². The molecule has 3 aliphatic heterocycles. The highest BCUT2D eigenvalue weighted by molar-refractivity contribution is 6.14. The average molecular weight is 557 g/mol. The number of rotatable bonds is 15. The molecule has 3 heterocycles. The maximum atomic E-state index is 12.7. The molecule has 3 aliphatic rings. The summed E-state index contributed by atoms with van der Waals surface area (Å²) in [7, 11) is 0. The van der Waals surface area contributed by atoms with Gasteiger partial charge < -0.3 is 19.3 Å². The van der Waals surface area contributed by atoms with Crippen molar-refractivity contribution in [2.45, 2.75) is 78.6 Å². The molecule has 2 atom stereocenters. The van der Waals surface area contributed by atoms with Gasteiger partial charge in [-0.3, -0.25) is 4.79 Å². The van der Waals surface area contributed by atoms with Crippen molar-refractivity contribution >= 4 is 41.8 Å². The van der Waals surface area contributed by atoms with E-state index in [9.17, 15) is 33.6 Å². The summed E-state index contributed by atoms with van der Waals surface area (Å²) in [6, 6.07) is 0. The molecule has 0 amide bonds. The van der Waals surface area contributed by atoms with Crippen molar-refractivity contribution in [1.29, 1.82) is 0 Å². The zero-order valence-electron chi connectivity index (χ0n) is 22.7. The molecule has 0 bridgehead atoms. The second-order valence-corrected chi connectivity index (χ2v) is 9.91. The number of allylic oxidation sites excluding steroid dienone is 1. The number of cyclic esters (lactones) is 6. The minimum absolute atomic E-state index is 0.00960. The van der Waals surface area contributed by atoms with Gasteiger partial charge in [-0.15, -0.1) is 0 Å². The number of carbonyl (C=O) groups excluding carboxylic acids is 6. The Balaban J connectivity index is 1.85. The number of carbonyl (C=O) groups is 7. The van der Waals surface area contributed by atoms with E-state index in [0.717, 1.165) is 0 Å². The average Bonchev–Trinajstić information content (AvgIpc) is 3.43. The SMILES string of the molecule is CCC=CC1=C(C[C@H](CC)CC2=C(C[C@H](CC)CC3=C(CCC(=O)O)C(=O)OC3=O)C(=O)OC2=O)C(=O)OC1=O. The van der Waals surface area contributed by atoms with Crippen LogP contribution in [-0.2, 0) is 47.8 Å². The van der Waals surface area contributed by atoms with Crippen molar-refractivity contribution in [2.24, 2.45) is 11.8 Å². The molecule has 0 saturated heterocycles. The van der Waals surface area contributed by atoms with Crippen LogP contribution in [0.25, 0.3) is 0 Å². The molecule has 0 saturated carbocycles. The lowest BCUT2D eigenvalue weighted by molar-refractivity contribution is -0.153. The monoisotopic (exact) mass is 556 g/mol. The van der Waals surface area contributed by atoms with E-state index in [1.807, 2.05) is 20.8 Å². The standard InChI is InChI=1S/C29H32O11/c1-4-7-8-17-19(26(34)38-24(17)32)11-15(5-2)13-21-22(29(37)40-28(21)36)14-16(6-3)12-20-18(9-10-23(30)31)25(33)39-27(20)35/h7-8,15-16H,4-6,9-14H2,1-3H3,(H,30,31)/t15-,16+/m0/s1. The van der Waals surface area contributed by atoms with E-state index >= 15 is 0 Å². The largest absolute Gasteiger partial charge is 0.481 e. The summed E-state index contributed by atoms with van der Waals surface area (Å²) in [5.74, 6) is -6.50. The summed E-state index contributed by atoms with van der Waals surface area (Å²) in [6.07, 6.45) is 4.86. The third kappa shape index (κ3) is 6.88. The predicted molar refractivity (Wildman–Crippen MR) is 137 cm³/mol. The highest BCUT2D eigenvalue weighted by Crippen LogP contribution is 2.37. The second-order valence-electron chi connectivity index (χ2n) is 9.91. The Morgan fingerprint density at radius 3 is 1.50 bits per heavy atom. The van der Waals surface area contributed by atoms with Gasteiger partial charge in [-0.25, -0.2) is 28.8 Å². The molecule has 0 aromatic carbocycles. The molecule has 0 radical (unpaired) electrons. The molecule has 0 aliphatic carbocycles. The summed E-state index contributed by atoms with van der Waals surface area (Å²) in [4.78, 5) is 85.2. The van der Waals surface area contributed by atoms with Crippen LogP contribution in [0.4, 0.5) is 0 Å². The van der Waals surface area contributed by atoms with Crippen LogP contribution in [0, 0.1) is 11.8 Å². The van der Waals surface area contributed by atoms with Gasteiger partial charge >= 0.3 is 41.8 Å². The first-order chi connectivity index (χ1) is 19.0. The van der Waals surface area contributed by atoms with Crippen molar-refractivity contribution in [3.8, 4) is 0 Å². The maximum absolute atomic E-state index is 12.7. The normalized spacial score (nSPS) is 19.3. The topological polar surface area (TPSA) is 167 Å². The van der Waals surface area contributed by atoms with Gasteiger partial charge in [-0.05, 0) is 50.4 Å². The summed E-state index contributed by atoms with van der Waals surface area (Å²) in [6.45, 7) is 5.57. The Hall–Kier alpha value is -4.15. The molecule has 3 rings (SSSR count). The first-order valence-electron chi connectivity index (χ1n) is 13.3. The lowest BCUT2D eigenvalue weighted by Gasteiger charge is -2.17. The van der Waals surface area contributed by atoms with Crippen molar-refractivity contribution in [1.82, 2.24) is 0 Å². The molecular weight excluding hydrogens is 524 g/mol. The van der Waals surface area contributed by atoms with Crippen LogP contribution < -0.4 is 0 Å². The van der Waals surface area contributed by atoms with Crippen LogP contribution in [0.3, 0.4) is 0 Å². The van der Waals surface area contributed by atoms with Gasteiger partial charge in [0.15, 0.2) is 0 Å². The summed E-state index contributed by atoms with van der Waals surface area (Å²) >= 11 is 0. The molecular formula is C29H32O11. The second kappa shape index (κ2) is 13.3. The van der Waals surface area contributed by atoms with Crippen molar-refractivity contribution < 1.29 is 52.9 Å². The molecule has 40 heavy (non-hydrogen) atoms. The molecule has 11 heteroatoms. The molecule has 214 valence electrons. The number of esters is 6. The molecule has 0 fully saturated rings. The third-order valence-electron chi connectivity index (χ3n) is 7.30. The Labute approximate surface area is 230 Å². The fraction of sp³-hybridized carbons (Fsp3) is 0.483. The number of ether oxygens (including phenoxy) is 3. The van der Waals surface area contributed by atoms with Crippen LogP contribution in [0.1, 0.15) is 78.6 Å². The lowest BCUT2D eigenvalue weighted by atomic mass is 9.84. The van der Waals surface area contributed by atoms with Gasteiger partial charge in [0.1, 0.15) is 0 Å². The van der Waals surface area contributed by atoms with Crippen molar-refractivity contribution in [3.63, 3.8) is 0 Å². The Bertz CT molecular complexity index is 1270. The first kappa shape index (κ1) is 30.4. The predicted octanol–water partition coefficient (Wildman–Crippen LogP) is 3.57. The van der Waals surface area contributed by atoms with Crippen LogP contribution in [-0.4, -0.2) is 46.9 Å². The van der Waals surface area contributed by atoms with Gasteiger partial charge in [0.25, 0.3) is 0 Å². The smallest absolute Gasteiger partial charge is 0.346 e. The van der Waals surface area contributed by atoms with E-state index in [0.29, 0.717) is 19.3 Å². The molecule has 1 N–H and O–H groups in total. The molecule has 0 aromatic rings. The van der Waals surface area contributed by atoms with Crippen LogP contribution in [0.2, 0.25) is 0 Å². The van der Waals surface area contributed by atoms with E-state index < -0.39 is 41.8 Å². The van der Waals surface area contributed by atoms with Crippen LogP contribution in [0.15, 0.2) is 45.6 Å². The minimum atomic E-state index is -1.13. The fourth-order valence-electron chi connectivity index (χ4n) is 4.92. The molecule has 0 spiro atoms. The van der Waals surface area contributed by atoms with Crippen molar-refractivity contribution in [2.75, 3.05) is 0 Å². The lowest BCUT2D eigenvalue weighted by Crippen LogP contribution is -2.12. The Morgan fingerprint density at radius 1 is 0.650 bits per heavy atom. The summed E-state index contributed by atoms with van der Waals surface area (Å²) in [5, 5.41) is 8.98. The van der Waals surface area contributed by atoms with E-state index in [1.54, 1.807) is 12.2 Å².